The lowest BCUT2D eigenvalue weighted by molar-refractivity contribution is 0.548. The van der Waals surface area contributed by atoms with Gasteiger partial charge < -0.3 is 4.42 Å². The number of rotatable bonds is 1. The average Bonchev–Trinajstić information content (AvgIpc) is 2.85. The number of benzene rings is 1. The number of aryl methyl sites for hydroxylation is 1. The molecule has 0 saturated carbocycles. The molecule has 0 N–H and O–H groups in total. The van der Waals surface area contributed by atoms with Crippen LogP contribution >= 0.6 is 15.9 Å². The van der Waals surface area contributed by atoms with Gasteiger partial charge in [-0.15, -0.1) is 0 Å². The van der Waals surface area contributed by atoms with Crippen molar-refractivity contribution in [3.63, 3.8) is 0 Å². The lowest BCUT2D eigenvalue weighted by Gasteiger charge is -2.07. The first-order valence-corrected chi connectivity index (χ1v) is 6.50. The lowest BCUT2D eigenvalue weighted by atomic mass is 10.0. The minimum atomic E-state index is 0.932. The molecule has 0 unspecified atom stereocenters. The highest BCUT2D eigenvalue weighted by molar-refractivity contribution is 9.10. The van der Waals surface area contributed by atoms with Crippen molar-refractivity contribution in [2.24, 2.45) is 0 Å². The summed E-state index contributed by atoms with van der Waals surface area (Å²) in [7, 11) is 0. The van der Waals surface area contributed by atoms with Crippen molar-refractivity contribution in [2.75, 3.05) is 0 Å². The molecule has 2 aromatic rings. The smallest absolute Gasteiger partial charge is 0.135 e. The maximum atomic E-state index is 5.69. The minimum Gasteiger partial charge on any atom is -0.461 e. The van der Waals surface area contributed by atoms with Gasteiger partial charge in [-0.05, 0) is 65.5 Å². The highest BCUT2D eigenvalue weighted by Gasteiger charge is 2.17. The predicted octanol–water partition coefficient (Wildman–Crippen LogP) is 4.98. The van der Waals surface area contributed by atoms with Gasteiger partial charge in [0.1, 0.15) is 11.5 Å². The summed E-state index contributed by atoms with van der Waals surface area (Å²) in [5.41, 5.74) is 5.24. The molecule has 0 spiro atoms. The van der Waals surface area contributed by atoms with Crippen LogP contribution in [0.2, 0.25) is 0 Å². The quantitative estimate of drug-likeness (QED) is 0.722. The highest BCUT2D eigenvalue weighted by Crippen LogP contribution is 2.38. The summed E-state index contributed by atoms with van der Waals surface area (Å²) in [5, 5.41) is 0. The Bertz CT molecular complexity index is 620. The molecule has 2 heteroatoms. The van der Waals surface area contributed by atoms with E-state index >= 15 is 0 Å². The normalized spacial score (nSPS) is 13.7. The fraction of sp³-hybridized carbons (Fsp3) is 0.200. The zero-order chi connectivity index (χ0) is 12.0. The molecule has 1 aromatic heterocycles. The molecule has 0 amide bonds. The van der Waals surface area contributed by atoms with Crippen LogP contribution in [0.15, 0.2) is 38.7 Å². The van der Waals surface area contributed by atoms with E-state index < -0.39 is 0 Å². The van der Waals surface area contributed by atoms with E-state index in [-0.39, 0.29) is 0 Å². The molecule has 1 aliphatic carbocycles. The van der Waals surface area contributed by atoms with Gasteiger partial charge in [0, 0.05) is 10.0 Å². The van der Waals surface area contributed by atoms with Gasteiger partial charge >= 0.3 is 0 Å². The fourth-order valence-corrected chi connectivity index (χ4v) is 3.01. The second kappa shape index (κ2) is 3.88. The molecule has 1 aliphatic rings. The summed E-state index contributed by atoms with van der Waals surface area (Å²) >= 11 is 3.71. The Morgan fingerprint density at radius 1 is 1.12 bits per heavy atom. The molecule has 1 heterocycles. The number of halogens is 1. The molecule has 0 aliphatic heterocycles. The van der Waals surface area contributed by atoms with Gasteiger partial charge in [0.25, 0.3) is 0 Å². The van der Waals surface area contributed by atoms with Gasteiger partial charge in [-0.2, -0.15) is 0 Å². The van der Waals surface area contributed by atoms with E-state index in [1.807, 2.05) is 19.1 Å². The molecule has 0 radical (unpaired) electrons. The number of furan rings is 1. The Kier molecular flexibility index (Phi) is 2.48. The summed E-state index contributed by atoms with van der Waals surface area (Å²) in [6.07, 6.45) is 3.28. The van der Waals surface area contributed by atoms with Crippen LogP contribution in [0.5, 0.6) is 0 Å². The van der Waals surface area contributed by atoms with Crippen molar-refractivity contribution >= 4 is 22.0 Å². The van der Waals surface area contributed by atoms with Crippen molar-refractivity contribution < 1.29 is 4.42 Å². The molecule has 0 saturated heterocycles. The molecule has 0 bridgehead atoms. The number of allylic oxidation sites excluding steroid dienone is 1. The summed E-state index contributed by atoms with van der Waals surface area (Å²) in [6.45, 7) is 4.14. The number of fused-ring (bicyclic) bond motifs is 1. The molecule has 1 nitrogen and oxygen atoms in total. The van der Waals surface area contributed by atoms with Crippen molar-refractivity contribution in [3.05, 3.63) is 51.2 Å². The fourth-order valence-electron chi connectivity index (χ4n) is 2.32. The zero-order valence-corrected chi connectivity index (χ0v) is 11.5. The first-order chi connectivity index (χ1) is 8.15. The second-order valence-corrected chi connectivity index (χ2v) is 5.37. The van der Waals surface area contributed by atoms with Crippen molar-refractivity contribution in [3.8, 4) is 11.3 Å². The summed E-state index contributed by atoms with van der Waals surface area (Å²) in [6, 6.07) is 8.32. The Hall–Kier alpha value is -1.28. The maximum absolute atomic E-state index is 5.69. The third-order valence-corrected chi connectivity index (χ3v) is 4.05. The Morgan fingerprint density at radius 3 is 2.65 bits per heavy atom. The monoisotopic (exact) mass is 288 g/mol. The van der Waals surface area contributed by atoms with Gasteiger partial charge in [0.05, 0.1) is 0 Å². The largest absolute Gasteiger partial charge is 0.461 e. The van der Waals surface area contributed by atoms with Crippen LogP contribution in [0.3, 0.4) is 0 Å². The van der Waals surface area contributed by atoms with E-state index in [0.29, 0.717) is 0 Å². The Morgan fingerprint density at radius 2 is 1.94 bits per heavy atom. The number of hydrogen-bond acceptors (Lipinski definition) is 1. The van der Waals surface area contributed by atoms with E-state index in [1.54, 1.807) is 0 Å². The van der Waals surface area contributed by atoms with Crippen LogP contribution in [0.4, 0.5) is 0 Å². The molecular formula is C15H13BrO. The minimum absolute atomic E-state index is 0.932. The highest BCUT2D eigenvalue weighted by atomic mass is 79.9. The molecule has 17 heavy (non-hydrogen) atoms. The van der Waals surface area contributed by atoms with Crippen LogP contribution in [-0.2, 0) is 6.42 Å². The van der Waals surface area contributed by atoms with E-state index in [9.17, 15) is 0 Å². The van der Waals surface area contributed by atoms with Gasteiger partial charge in [-0.25, -0.2) is 0 Å². The molecule has 0 fully saturated rings. The zero-order valence-electron chi connectivity index (χ0n) is 9.88. The van der Waals surface area contributed by atoms with Crippen LogP contribution in [0, 0.1) is 6.92 Å². The van der Waals surface area contributed by atoms with Crippen LogP contribution in [0.1, 0.15) is 23.8 Å². The first kappa shape index (κ1) is 10.8. The van der Waals surface area contributed by atoms with Crippen LogP contribution < -0.4 is 0 Å². The Labute approximate surface area is 109 Å². The van der Waals surface area contributed by atoms with Crippen LogP contribution in [-0.4, -0.2) is 0 Å². The summed E-state index contributed by atoms with van der Waals surface area (Å²) < 4.78 is 6.85. The van der Waals surface area contributed by atoms with E-state index in [2.05, 4.69) is 41.1 Å². The second-order valence-electron chi connectivity index (χ2n) is 4.57. The standard InChI is InChI=1S/C15H13BrO/c1-9-7-11-4-5-12(15(16)13(11)8-9)14-6-3-10(2)17-14/h3-7H,8H2,1-2H3. The Balaban J connectivity index is 2.14. The topological polar surface area (TPSA) is 13.1 Å². The third-order valence-electron chi connectivity index (χ3n) is 3.14. The molecule has 86 valence electrons. The third kappa shape index (κ3) is 1.77. The van der Waals surface area contributed by atoms with Gasteiger partial charge in [0.15, 0.2) is 0 Å². The predicted molar refractivity (Wildman–Crippen MR) is 73.9 cm³/mol. The van der Waals surface area contributed by atoms with Gasteiger partial charge in [-0.3, -0.25) is 0 Å². The van der Waals surface area contributed by atoms with Crippen LogP contribution in [0.25, 0.3) is 17.4 Å². The van der Waals surface area contributed by atoms with Crippen molar-refractivity contribution in [1.82, 2.24) is 0 Å². The maximum Gasteiger partial charge on any atom is 0.135 e. The SMILES string of the molecule is CC1=Cc2ccc(-c3ccc(C)o3)c(Br)c2C1. The van der Waals surface area contributed by atoms with E-state index in [0.717, 1.165) is 28.0 Å². The van der Waals surface area contributed by atoms with Crippen molar-refractivity contribution in [1.29, 1.82) is 0 Å². The molecular weight excluding hydrogens is 276 g/mol. The van der Waals surface area contributed by atoms with Gasteiger partial charge in [0.2, 0.25) is 0 Å². The number of hydrogen-bond donors (Lipinski definition) is 0. The van der Waals surface area contributed by atoms with Crippen molar-refractivity contribution in [2.45, 2.75) is 20.3 Å². The first-order valence-electron chi connectivity index (χ1n) is 5.70. The lowest BCUT2D eigenvalue weighted by Crippen LogP contribution is -1.88. The summed E-state index contributed by atoms with van der Waals surface area (Å²) in [5.74, 6) is 1.88. The van der Waals surface area contributed by atoms with Gasteiger partial charge in [-0.1, -0.05) is 17.7 Å². The molecule has 0 atom stereocenters. The molecule has 1 aromatic carbocycles. The average molecular weight is 289 g/mol. The molecule has 3 rings (SSSR count). The van der Waals surface area contributed by atoms with E-state index in [4.69, 9.17) is 4.42 Å². The summed E-state index contributed by atoms with van der Waals surface area (Å²) in [4.78, 5) is 0. The van der Waals surface area contributed by atoms with E-state index in [1.165, 1.54) is 16.7 Å².